The van der Waals surface area contributed by atoms with E-state index in [0.717, 1.165) is 53.3 Å². The fourth-order valence-corrected chi connectivity index (χ4v) is 4.04. The van der Waals surface area contributed by atoms with Gasteiger partial charge in [-0.05, 0) is 47.6 Å². The van der Waals surface area contributed by atoms with E-state index in [1.165, 1.54) is 5.56 Å². The van der Waals surface area contributed by atoms with Crippen molar-refractivity contribution in [1.29, 1.82) is 0 Å². The van der Waals surface area contributed by atoms with Gasteiger partial charge in [-0.3, -0.25) is 0 Å². The molecule has 2 heterocycles. The van der Waals surface area contributed by atoms with Crippen molar-refractivity contribution in [2.75, 3.05) is 32.0 Å². The molecule has 0 aliphatic carbocycles. The Morgan fingerprint density at radius 1 is 1.12 bits per heavy atom. The van der Waals surface area contributed by atoms with Gasteiger partial charge in [0.05, 0.1) is 16.4 Å². The van der Waals surface area contributed by atoms with Crippen molar-refractivity contribution in [3.8, 4) is 11.3 Å². The SMILES string of the molecule is CN(C/C=C/c1ccccc1)CCCNc1cc(-c2ccccc2Cl)nc2c(Br)cnn12. The van der Waals surface area contributed by atoms with Gasteiger partial charge in [0, 0.05) is 29.7 Å². The van der Waals surface area contributed by atoms with E-state index in [9.17, 15) is 0 Å². The topological polar surface area (TPSA) is 45.5 Å². The van der Waals surface area contributed by atoms with Crippen LogP contribution in [0.15, 0.2) is 77.4 Å². The zero-order chi connectivity index (χ0) is 22.3. The van der Waals surface area contributed by atoms with Crippen molar-refractivity contribution >= 4 is 45.1 Å². The molecule has 7 heteroatoms. The van der Waals surface area contributed by atoms with E-state index in [-0.39, 0.29) is 0 Å². The van der Waals surface area contributed by atoms with Crippen molar-refractivity contribution in [3.63, 3.8) is 0 Å². The third-order valence-corrected chi connectivity index (χ3v) is 6.02. The highest BCUT2D eigenvalue weighted by atomic mass is 79.9. The minimum atomic E-state index is 0.677. The van der Waals surface area contributed by atoms with E-state index < -0.39 is 0 Å². The zero-order valence-electron chi connectivity index (χ0n) is 17.9. The number of hydrogen-bond donors (Lipinski definition) is 1. The number of nitrogens with one attached hydrogen (secondary N) is 1. The van der Waals surface area contributed by atoms with E-state index in [2.05, 4.69) is 74.7 Å². The van der Waals surface area contributed by atoms with Crippen LogP contribution in [0.3, 0.4) is 0 Å². The lowest BCUT2D eigenvalue weighted by Crippen LogP contribution is -2.22. The number of anilines is 1. The fraction of sp³-hybridized carbons (Fsp3) is 0.200. The maximum atomic E-state index is 6.41. The number of halogens is 2. The summed E-state index contributed by atoms with van der Waals surface area (Å²) in [5, 5.41) is 8.65. The summed E-state index contributed by atoms with van der Waals surface area (Å²) in [6.45, 7) is 2.73. The number of likely N-dealkylation sites (N-methyl/N-ethyl adjacent to an activating group) is 1. The summed E-state index contributed by atoms with van der Waals surface area (Å²) in [4.78, 5) is 7.06. The number of rotatable bonds is 9. The molecule has 1 N–H and O–H groups in total. The monoisotopic (exact) mass is 509 g/mol. The number of hydrogen-bond acceptors (Lipinski definition) is 4. The maximum absolute atomic E-state index is 6.41. The van der Waals surface area contributed by atoms with Gasteiger partial charge in [-0.25, -0.2) is 4.98 Å². The molecule has 164 valence electrons. The average molecular weight is 511 g/mol. The molecule has 0 radical (unpaired) electrons. The van der Waals surface area contributed by atoms with Gasteiger partial charge in [0.2, 0.25) is 0 Å². The quantitative estimate of drug-likeness (QED) is 0.270. The Hall–Kier alpha value is -2.67. The van der Waals surface area contributed by atoms with Crippen LogP contribution in [-0.2, 0) is 0 Å². The van der Waals surface area contributed by atoms with E-state index in [4.69, 9.17) is 16.6 Å². The first-order valence-corrected chi connectivity index (χ1v) is 11.7. The van der Waals surface area contributed by atoms with Crippen LogP contribution >= 0.6 is 27.5 Å². The standard InChI is InChI=1S/C25H25BrClN5/c1-31(15-7-11-19-9-3-2-4-10-19)16-8-14-28-24-17-23(20-12-5-6-13-22(20)27)30-25-21(26)18-29-32(24)25/h2-7,9-13,17-18,28H,8,14-16H2,1H3/b11-7+. The van der Waals surface area contributed by atoms with Crippen LogP contribution in [0.25, 0.3) is 23.0 Å². The minimum Gasteiger partial charge on any atom is -0.370 e. The second kappa shape index (κ2) is 10.8. The molecule has 0 saturated heterocycles. The van der Waals surface area contributed by atoms with Crippen LogP contribution in [-0.4, -0.2) is 46.2 Å². The Bertz CT molecular complexity index is 1210. The Morgan fingerprint density at radius 2 is 1.91 bits per heavy atom. The third-order valence-electron chi connectivity index (χ3n) is 5.13. The molecule has 0 aliphatic rings. The molecule has 0 spiro atoms. The summed E-state index contributed by atoms with van der Waals surface area (Å²) >= 11 is 9.96. The number of nitrogens with zero attached hydrogens (tertiary/aromatic N) is 4. The van der Waals surface area contributed by atoms with Crippen molar-refractivity contribution in [1.82, 2.24) is 19.5 Å². The van der Waals surface area contributed by atoms with Gasteiger partial charge in [-0.2, -0.15) is 9.61 Å². The van der Waals surface area contributed by atoms with Gasteiger partial charge >= 0.3 is 0 Å². The largest absolute Gasteiger partial charge is 0.370 e. The zero-order valence-corrected chi connectivity index (χ0v) is 20.2. The molecule has 0 unspecified atom stereocenters. The summed E-state index contributed by atoms with van der Waals surface area (Å²) in [7, 11) is 2.14. The highest BCUT2D eigenvalue weighted by molar-refractivity contribution is 9.10. The lowest BCUT2D eigenvalue weighted by molar-refractivity contribution is 0.368. The lowest BCUT2D eigenvalue weighted by Gasteiger charge is -2.15. The predicted octanol–water partition coefficient (Wildman–Crippen LogP) is 6.26. The van der Waals surface area contributed by atoms with E-state index in [1.807, 2.05) is 40.9 Å². The van der Waals surface area contributed by atoms with Gasteiger partial charge in [0.1, 0.15) is 5.82 Å². The van der Waals surface area contributed by atoms with Crippen LogP contribution < -0.4 is 5.32 Å². The molecule has 0 amide bonds. The van der Waals surface area contributed by atoms with Crippen molar-refractivity contribution in [2.45, 2.75) is 6.42 Å². The molecule has 4 rings (SSSR count). The summed E-state index contributed by atoms with van der Waals surface area (Å²) in [5.41, 5.74) is 3.70. The molecular weight excluding hydrogens is 486 g/mol. The van der Waals surface area contributed by atoms with Gasteiger partial charge in [-0.1, -0.05) is 72.3 Å². The van der Waals surface area contributed by atoms with Crippen LogP contribution in [0.2, 0.25) is 5.02 Å². The van der Waals surface area contributed by atoms with Crippen LogP contribution in [0.5, 0.6) is 0 Å². The van der Waals surface area contributed by atoms with Gasteiger partial charge in [0.25, 0.3) is 0 Å². The first kappa shape index (κ1) is 22.5. The summed E-state index contributed by atoms with van der Waals surface area (Å²) < 4.78 is 2.66. The number of aromatic nitrogens is 3. The van der Waals surface area contributed by atoms with Gasteiger partial charge < -0.3 is 10.2 Å². The van der Waals surface area contributed by atoms with Crippen molar-refractivity contribution in [3.05, 3.63) is 88.0 Å². The second-order valence-electron chi connectivity index (χ2n) is 7.59. The highest BCUT2D eigenvalue weighted by Crippen LogP contribution is 2.30. The molecule has 0 fully saturated rings. The van der Waals surface area contributed by atoms with Gasteiger partial charge in [0.15, 0.2) is 5.65 Å². The molecule has 0 aliphatic heterocycles. The highest BCUT2D eigenvalue weighted by Gasteiger charge is 2.13. The molecular formula is C25H25BrClN5. The summed E-state index contributed by atoms with van der Waals surface area (Å²) in [6, 6.07) is 20.1. The number of fused-ring (bicyclic) bond motifs is 1. The van der Waals surface area contributed by atoms with Crippen LogP contribution in [0, 0.1) is 0 Å². The fourth-order valence-electron chi connectivity index (χ4n) is 3.46. The lowest BCUT2D eigenvalue weighted by atomic mass is 10.1. The number of benzene rings is 2. The predicted molar refractivity (Wildman–Crippen MR) is 137 cm³/mol. The molecule has 2 aromatic heterocycles. The van der Waals surface area contributed by atoms with E-state index in [1.54, 1.807) is 6.20 Å². The average Bonchev–Trinajstić information content (AvgIpc) is 3.18. The Morgan fingerprint density at radius 3 is 2.72 bits per heavy atom. The summed E-state index contributed by atoms with van der Waals surface area (Å²) in [5.74, 6) is 0.891. The third kappa shape index (κ3) is 5.57. The first-order chi connectivity index (χ1) is 15.6. The maximum Gasteiger partial charge on any atom is 0.172 e. The van der Waals surface area contributed by atoms with Crippen molar-refractivity contribution < 1.29 is 0 Å². The molecule has 0 atom stereocenters. The molecule has 0 saturated carbocycles. The minimum absolute atomic E-state index is 0.677. The van der Waals surface area contributed by atoms with Gasteiger partial charge in [-0.15, -0.1) is 0 Å². The molecule has 2 aromatic carbocycles. The first-order valence-electron chi connectivity index (χ1n) is 10.5. The Labute approximate surface area is 201 Å². The summed E-state index contributed by atoms with van der Waals surface area (Å²) in [6.07, 6.45) is 7.13. The molecule has 5 nitrogen and oxygen atoms in total. The van der Waals surface area contributed by atoms with E-state index >= 15 is 0 Å². The van der Waals surface area contributed by atoms with Crippen LogP contribution in [0.1, 0.15) is 12.0 Å². The van der Waals surface area contributed by atoms with E-state index in [0.29, 0.717) is 5.02 Å². The molecule has 0 bridgehead atoms. The van der Waals surface area contributed by atoms with Crippen molar-refractivity contribution in [2.24, 2.45) is 0 Å². The molecule has 4 aromatic rings. The second-order valence-corrected chi connectivity index (χ2v) is 8.85. The molecule has 32 heavy (non-hydrogen) atoms. The Kier molecular flexibility index (Phi) is 7.58. The Balaban J connectivity index is 1.38. The van der Waals surface area contributed by atoms with Crippen LogP contribution in [0.4, 0.5) is 5.82 Å². The normalized spacial score (nSPS) is 11.6. The smallest absolute Gasteiger partial charge is 0.172 e.